The molecule has 0 fully saturated rings. The Hall–Kier alpha value is -1.89. The lowest BCUT2D eigenvalue weighted by Crippen LogP contribution is -2.10. The average molecular weight is 268 g/mol. The molecule has 0 aliphatic carbocycles. The van der Waals surface area contributed by atoms with Crippen LogP contribution in [0.15, 0.2) is 30.5 Å². The monoisotopic (exact) mass is 268 g/mol. The summed E-state index contributed by atoms with van der Waals surface area (Å²) < 4.78 is 23.9. The van der Waals surface area contributed by atoms with Crippen LogP contribution in [0.25, 0.3) is 10.9 Å². The van der Waals surface area contributed by atoms with Gasteiger partial charge in [-0.1, -0.05) is 0 Å². The van der Waals surface area contributed by atoms with Crippen LogP contribution in [0.5, 0.6) is 0 Å². The molecule has 0 aliphatic heterocycles. The van der Waals surface area contributed by atoms with Gasteiger partial charge in [0, 0.05) is 36.5 Å². The maximum Gasteiger partial charge on any atom is 0.271 e. The number of rotatable bonds is 4. The van der Waals surface area contributed by atoms with Crippen molar-refractivity contribution in [2.24, 2.45) is 0 Å². The van der Waals surface area contributed by atoms with Crippen molar-refractivity contribution in [2.75, 3.05) is 12.0 Å². The molecule has 0 bridgehead atoms. The summed E-state index contributed by atoms with van der Waals surface area (Å²) in [5, 5.41) is 11.6. The van der Waals surface area contributed by atoms with E-state index in [1.54, 1.807) is 22.9 Å². The van der Waals surface area contributed by atoms with Gasteiger partial charge in [-0.05, 0) is 12.1 Å². The van der Waals surface area contributed by atoms with Crippen molar-refractivity contribution in [2.45, 2.75) is 6.54 Å². The fourth-order valence-electron chi connectivity index (χ4n) is 1.75. The molecular formula is C11H12N2O4S. The first-order valence-corrected chi connectivity index (χ1v) is 7.34. The Morgan fingerprint density at radius 3 is 2.67 bits per heavy atom. The van der Waals surface area contributed by atoms with E-state index in [0.717, 1.165) is 5.39 Å². The standard InChI is InChI=1S/C11H12N2O4S/c1-18(16,17)7-6-12-5-4-9-2-3-10(13(14)15)8-11(9)12/h2-5,8H,6-7H2,1H3. The largest absolute Gasteiger partial charge is 0.346 e. The van der Waals surface area contributed by atoms with Crippen molar-refractivity contribution in [1.82, 2.24) is 4.57 Å². The van der Waals surface area contributed by atoms with Crippen LogP contribution in [-0.4, -0.2) is 29.9 Å². The molecule has 18 heavy (non-hydrogen) atoms. The minimum absolute atomic E-state index is 0.00167. The number of aromatic nitrogens is 1. The highest BCUT2D eigenvalue weighted by Gasteiger charge is 2.10. The summed E-state index contributed by atoms with van der Waals surface area (Å²) in [6.45, 7) is 0.295. The van der Waals surface area contributed by atoms with E-state index in [9.17, 15) is 18.5 Å². The Morgan fingerprint density at radius 1 is 1.33 bits per heavy atom. The molecule has 6 nitrogen and oxygen atoms in total. The van der Waals surface area contributed by atoms with Gasteiger partial charge in [0.2, 0.25) is 0 Å². The minimum atomic E-state index is -3.05. The lowest BCUT2D eigenvalue weighted by molar-refractivity contribution is -0.384. The Bertz CT molecular complexity index is 703. The quantitative estimate of drug-likeness (QED) is 0.623. The normalized spacial score (nSPS) is 11.8. The van der Waals surface area contributed by atoms with Gasteiger partial charge in [-0.25, -0.2) is 8.42 Å². The zero-order valence-electron chi connectivity index (χ0n) is 9.74. The zero-order chi connectivity index (χ0) is 13.3. The second-order valence-corrected chi connectivity index (χ2v) is 6.40. The van der Waals surface area contributed by atoms with Crippen LogP contribution in [0.1, 0.15) is 0 Å². The predicted molar refractivity (Wildman–Crippen MR) is 68.3 cm³/mol. The highest BCUT2D eigenvalue weighted by molar-refractivity contribution is 7.90. The Morgan fingerprint density at radius 2 is 2.06 bits per heavy atom. The first-order chi connectivity index (χ1) is 8.37. The molecule has 7 heteroatoms. The molecule has 1 aromatic carbocycles. The van der Waals surface area contributed by atoms with Crippen molar-refractivity contribution in [3.63, 3.8) is 0 Å². The van der Waals surface area contributed by atoms with Gasteiger partial charge < -0.3 is 4.57 Å². The van der Waals surface area contributed by atoms with E-state index in [4.69, 9.17) is 0 Å². The fraction of sp³-hybridized carbons (Fsp3) is 0.273. The van der Waals surface area contributed by atoms with Gasteiger partial charge in [-0.15, -0.1) is 0 Å². The van der Waals surface area contributed by atoms with Crippen LogP contribution < -0.4 is 0 Å². The van der Waals surface area contributed by atoms with Gasteiger partial charge in [0.15, 0.2) is 0 Å². The van der Waals surface area contributed by atoms with E-state index >= 15 is 0 Å². The van der Waals surface area contributed by atoms with Crippen LogP contribution in [0.2, 0.25) is 0 Å². The molecule has 0 unspecified atom stereocenters. The van der Waals surface area contributed by atoms with Crippen LogP contribution in [0.4, 0.5) is 5.69 Å². The molecule has 0 saturated heterocycles. The van der Waals surface area contributed by atoms with Crippen molar-refractivity contribution in [3.8, 4) is 0 Å². The first kappa shape index (κ1) is 12.6. The van der Waals surface area contributed by atoms with Crippen molar-refractivity contribution in [1.29, 1.82) is 0 Å². The number of fused-ring (bicyclic) bond motifs is 1. The third kappa shape index (κ3) is 2.67. The number of benzene rings is 1. The molecule has 0 aliphatic rings. The second-order valence-electron chi connectivity index (χ2n) is 4.14. The molecule has 1 aromatic heterocycles. The van der Waals surface area contributed by atoms with Crippen LogP contribution in [-0.2, 0) is 16.4 Å². The molecule has 0 N–H and O–H groups in total. The Balaban J connectivity index is 2.39. The van der Waals surface area contributed by atoms with E-state index in [2.05, 4.69) is 0 Å². The van der Waals surface area contributed by atoms with Crippen LogP contribution in [0, 0.1) is 10.1 Å². The number of nitro benzene ring substituents is 1. The average Bonchev–Trinajstić information content (AvgIpc) is 2.67. The maximum absolute atomic E-state index is 11.1. The van der Waals surface area contributed by atoms with E-state index in [1.807, 2.05) is 0 Å². The van der Waals surface area contributed by atoms with Gasteiger partial charge in [0.1, 0.15) is 9.84 Å². The molecule has 0 atom stereocenters. The third-order valence-electron chi connectivity index (χ3n) is 2.67. The van der Waals surface area contributed by atoms with Crippen molar-refractivity contribution < 1.29 is 13.3 Å². The van der Waals surface area contributed by atoms with E-state index in [1.165, 1.54) is 18.4 Å². The highest BCUT2D eigenvalue weighted by atomic mass is 32.2. The van der Waals surface area contributed by atoms with Gasteiger partial charge in [-0.2, -0.15) is 0 Å². The summed E-state index contributed by atoms with van der Waals surface area (Å²) in [5.74, 6) is 0.0134. The van der Waals surface area contributed by atoms with Gasteiger partial charge in [0.25, 0.3) is 5.69 Å². The molecule has 96 valence electrons. The van der Waals surface area contributed by atoms with E-state index in [0.29, 0.717) is 12.1 Å². The fourth-order valence-corrected chi connectivity index (χ4v) is 2.27. The number of sulfone groups is 1. The molecule has 1 heterocycles. The first-order valence-electron chi connectivity index (χ1n) is 5.28. The van der Waals surface area contributed by atoms with Crippen molar-refractivity contribution in [3.05, 3.63) is 40.6 Å². The predicted octanol–water partition coefficient (Wildman–Crippen LogP) is 1.59. The summed E-state index contributed by atoms with van der Waals surface area (Å²) in [7, 11) is -3.05. The Kier molecular flexibility index (Phi) is 3.08. The number of aryl methyl sites for hydroxylation is 1. The lowest BCUT2D eigenvalue weighted by Gasteiger charge is -2.04. The molecule has 0 saturated carbocycles. The van der Waals surface area contributed by atoms with Gasteiger partial charge in [0.05, 0.1) is 16.2 Å². The van der Waals surface area contributed by atoms with Crippen molar-refractivity contribution >= 4 is 26.4 Å². The van der Waals surface area contributed by atoms with E-state index < -0.39 is 14.8 Å². The van der Waals surface area contributed by atoms with Gasteiger partial charge >= 0.3 is 0 Å². The minimum Gasteiger partial charge on any atom is -0.346 e. The highest BCUT2D eigenvalue weighted by Crippen LogP contribution is 2.21. The van der Waals surface area contributed by atoms with Crippen LogP contribution in [0.3, 0.4) is 0 Å². The van der Waals surface area contributed by atoms with E-state index in [-0.39, 0.29) is 11.4 Å². The number of non-ortho nitro benzene ring substituents is 1. The summed E-state index contributed by atoms with van der Waals surface area (Å²) in [4.78, 5) is 10.2. The van der Waals surface area contributed by atoms with Crippen LogP contribution >= 0.6 is 0 Å². The molecule has 0 radical (unpaired) electrons. The molecule has 2 aromatic rings. The third-order valence-corrected chi connectivity index (χ3v) is 3.60. The summed E-state index contributed by atoms with van der Waals surface area (Å²) in [6.07, 6.45) is 2.90. The number of nitro groups is 1. The summed E-state index contributed by atoms with van der Waals surface area (Å²) in [5.41, 5.74) is 0.676. The zero-order valence-corrected chi connectivity index (χ0v) is 10.6. The lowest BCUT2D eigenvalue weighted by atomic mass is 10.2. The molecule has 0 spiro atoms. The summed E-state index contributed by atoms with van der Waals surface area (Å²) >= 11 is 0. The molecular weight excluding hydrogens is 256 g/mol. The molecule has 0 amide bonds. The SMILES string of the molecule is CS(=O)(=O)CCn1ccc2ccc([N+](=O)[O-])cc21. The summed E-state index contributed by atoms with van der Waals surface area (Å²) in [6, 6.07) is 6.35. The number of nitrogens with zero attached hydrogens (tertiary/aromatic N) is 2. The molecule has 2 rings (SSSR count). The second kappa shape index (κ2) is 4.41. The van der Waals surface area contributed by atoms with Gasteiger partial charge in [-0.3, -0.25) is 10.1 Å². The Labute approximate surface area is 104 Å². The maximum atomic E-state index is 11.1. The smallest absolute Gasteiger partial charge is 0.271 e. The topological polar surface area (TPSA) is 82.2 Å². The number of hydrogen-bond acceptors (Lipinski definition) is 4. The number of hydrogen-bond donors (Lipinski definition) is 0.